The fourth-order valence-corrected chi connectivity index (χ4v) is 2.68. The lowest BCUT2D eigenvalue weighted by Crippen LogP contribution is -2.38. The van der Waals surface area contributed by atoms with Crippen molar-refractivity contribution in [3.8, 4) is 0 Å². The number of hydrogen-bond acceptors (Lipinski definition) is 1. The van der Waals surface area contributed by atoms with Gasteiger partial charge in [-0.05, 0) is 50.4 Å². The molecule has 0 aliphatic carbocycles. The third-order valence-corrected chi connectivity index (χ3v) is 3.79. The molecular weight excluding hydrogens is 257 g/mol. The Morgan fingerprint density at radius 2 is 2.33 bits per heavy atom. The summed E-state index contributed by atoms with van der Waals surface area (Å²) in [5, 5.41) is 3.51. The normalized spacial score (nSPS) is 25.8. The Labute approximate surface area is 98.2 Å². The highest BCUT2D eigenvalue weighted by Crippen LogP contribution is 2.27. The van der Waals surface area contributed by atoms with Crippen molar-refractivity contribution in [2.24, 2.45) is 0 Å². The summed E-state index contributed by atoms with van der Waals surface area (Å²) in [6, 6.07) is 4.93. The summed E-state index contributed by atoms with van der Waals surface area (Å²) in [7, 11) is 0. The molecule has 1 aromatic carbocycles. The zero-order chi connectivity index (χ0) is 10.9. The van der Waals surface area contributed by atoms with Gasteiger partial charge in [0.05, 0.1) is 0 Å². The van der Waals surface area contributed by atoms with E-state index in [1.807, 2.05) is 6.07 Å². The average molecular weight is 272 g/mol. The van der Waals surface area contributed by atoms with E-state index in [2.05, 4.69) is 28.2 Å². The van der Waals surface area contributed by atoms with Crippen LogP contribution in [0.3, 0.4) is 0 Å². The molecule has 3 heteroatoms. The monoisotopic (exact) mass is 271 g/mol. The van der Waals surface area contributed by atoms with Crippen LogP contribution < -0.4 is 5.32 Å². The molecule has 0 spiro atoms. The van der Waals surface area contributed by atoms with Crippen LogP contribution >= 0.6 is 15.9 Å². The maximum atomic E-state index is 12.9. The fourth-order valence-electron chi connectivity index (χ4n) is 2.19. The first kappa shape index (κ1) is 11.1. The summed E-state index contributed by atoms with van der Waals surface area (Å²) in [5.74, 6) is -0.185. The Bertz CT molecular complexity index is 359. The Balaban J connectivity index is 2.16. The Kier molecular flexibility index (Phi) is 3.12. The van der Waals surface area contributed by atoms with Gasteiger partial charge in [0.25, 0.3) is 0 Å². The van der Waals surface area contributed by atoms with Gasteiger partial charge in [-0.1, -0.05) is 22.0 Å². The summed E-state index contributed by atoms with van der Waals surface area (Å²) in [4.78, 5) is 0. The highest BCUT2D eigenvalue weighted by Gasteiger charge is 2.28. The van der Waals surface area contributed by atoms with E-state index in [1.165, 1.54) is 30.5 Å². The van der Waals surface area contributed by atoms with Crippen LogP contribution in [0.5, 0.6) is 0 Å². The van der Waals surface area contributed by atoms with E-state index in [1.54, 1.807) is 0 Å². The van der Waals surface area contributed by atoms with Gasteiger partial charge in [0, 0.05) is 10.0 Å². The molecule has 0 bridgehead atoms. The van der Waals surface area contributed by atoms with Gasteiger partial charge in [0.1, 0.15) is 5.82 Å². The van der Waals surface area contributed by atoms with Gasteiger partial charge in [-0.15, -0.1) is 0 Å². The molecule has 0 amide bonds. The summed E-state index contributed by atoms with van der Waals surface area (Å²) < 4.78 is 13.8. The first-order valence-corrected chi connectivity index (χ1v) is 6.07. The van der Waals surface area contributed by atoms with E-state index < -0.39 is 0 Å². The Morgan fingerprint density at radius 3 is 2.93 bits per heavy atom. The van der Waals surface area contributed by atoms with Gasteiger partial charge >= 0.3 is 0 Å². The lowest BCUT2D eigenvalue weighted by Gasteiger charge is -2.24. The lowest BCUT2D eigenvalue weighted by atomic mass is 9.91. The van der Waals surface area contributed by atoms with Crippen LogP contribution in [0, 0.1) is 5.82 Å². The number of rotatable bonds is 2. The molecule has 1 aliphatic heterocycles. The number of hydrogen-bond donors (Lipinski definition) is 1. The third kappa shape index (κ3) is 2.58. The van der Waals surface area contributed by atoms with Crippen LogP contribution in [0.15, 0.2) is 22.7 Å². The number of nitrogens with one attached hydrogen (secondary N) is 1. The van der Waals surface area contributed by atoms with E-state index >= 15 is 0 Å². The van der Waals surface area contributed by atoms with Gasteiger partial charge in [-0.2, -0.15) is 0 Å². The maximum absolute atomic E-state index is 12.9. The SMILES string of the molecule is CC1(Cc2ccc(F)cc2Br)CCCN1. The quantitative estimate of drug-likeness (QED) is 0.871. The number of halogens is 2. The second kappa shape index (κ2) is 4.22. The second-order valence-corrected chi connectivity index (χ2v) is 5.36. The zero-order valence-corrected chi connectivity index (χ0v) is 10.4. The third-order valence-electron chi connectivity index (χ3n) is 3.05. The van der Waals surface area contributed by atoms with E-state index in [4.69, 9.17) is 0 Å². The molecule has 15 heavy (non-hydrogen) atoms. The molecule has 0 aromatic heterocycles. The first-order chi connectivity index (χ1) is 7.09. The van der Waals surface area contributed by atoms with Crippen LogP contribution in [0.2, 0.25) is 0 Å². The van der Waals surface area contributed by atoms with E-state index in [0.717, 1.165) is 17.4 Å². The van der Waals surface area contributed by atoms with Crippen molar-refractivity contribution in [2.45, 2.75) is 31.7 Å². The van der Waals surface area contributed by atoms with E-state index in [9.17, 15) is 4.39 Å². The Morgan fingerprint density at radius 1 is 1.53 bits per heavy atom. The Hall–Kier alpha value is -0.410. The molecule has 0 saturated carbocycles. The van der Waals surface area contributed by atoms with Crippen LogP contribution in [0.25, 0.3) is 0 Å². The van der Waals surface area contributed by atoms with Gasteiger partial charge in [-0.3, -0.25) is 0 Å². The van der Waals surface area contributed by atoms with Gasteiger partial charge in [0.2, 0.25) is 0 Å². The van der Waals surface area contributed by atoms with Crippen molar-refractivity contribution in [1.29, 1.82) is 0 Å². The molecule has 1 atom stereocenters. The molecule has 1 heterocycles. The minimum absolute atomic E-state index is 0.181. The van der Waals surface area contributed by atoms with Crippen molar-refractivity contribution in [3.05, 3.63) is 34.1 Å². The van der Waals surface area contributed by atoms with E-state index in [-0.39, 0.29) is 11.4 Å². The molecule has 1 aromatic rings. The van der Waals surface area contributed by atoms with Crippen molar-refractivity contribution in [1.82, 2.24) is 5.32 Å². The van der Waals surface area contributed by atoms with Crippen LogP contribution in [0.1, 0.15) is 25.3 Å². The molecular formula is C12H15BrFN. The lowest BCUT2D eigenvalue weighted by molar-refractivity contribution is 0.412. The molecule has 1 aliphatic rings. The molecule has 2 rings (SSSR count). The van der Waals surface area contributed by atoms with Gasteiger partial charge in [-0.25, -0.2) is 4.39 Å². The average Bonchev–Trinajstić information content (AvgIpc) is 2.58. The second-order valence-electron chi connectivity index (χ2n) is 4.50. The highest BCUT2D eigenvalue weighted by atomic mass is 79.9. The summed E-state index contributed by atoms with van der Waals surface area (Å²) in [6.45, 7) is 3.32. The number of benzene rings is 1. The van der Waals surface area contributed by atoms with Gasteiger partial charge < -0.3 is 5.32 Å². The zero-order valence-electron chi connectivity index (χ0n) is 8.82. The minimum Gasteiger partial charge on any atom is -0.311 e. The summed E-state index contributed by atoms with van der Waals surface area (Å²) in [6.07, 6.45) is 3.37. The maximum Gasteiger partial charge on any atom is 0.124 e. The smallest absolute Gasteiger partial charge is 0.124 e. The standard InChI is InChI=1S/C12H15BrFN/c1-12(5-2-6-15-12)8-9-3-4-10(14)7-11(9)13/h3-4,7,15H,2,5-6,8H2,1H3. The molecule has 1 nitrogen and oxygen atoms in total. The highest BCUT2D eigenvalue weighted by molar-refractivity contribution is 9.10. The molecule has 1 unspecified atom stereocenters. The minimum atomic E-state index is -0.185. The van der Waals surface area contributed by atoms with Crippen LogP contribution in [-0.4, -0.2) is 12.1 Å². The van der Waals surface area contributed by atoms with Gasteiger partial charge in [0.15, 0.2) is 0 Å². The van der Waals surface area contributed by atoms with Crippen molar-refractivity contribution in [3.63, 3.8) is 0 Å². The predicted octanol–water partition coefficient (Wildman–Crippen LogP) is 3.27. The predicted molar refractivity (Wildman–Crippen MR) is 63.4 cm³/mol. The summed E-state index contributed by atoms with van der Waals surface area (Å²) in [5.41, 5.74) is 1.36. The molecule has 0 radical (unpaired) electrons. The van der Waals surface area contributed by atoms with Crippen LogP contribution in [-0.2, 0) is 6.42 Å². The molecule has 82 valence electrons. The molecule has 1 fully saturated rings. The van der Waals surface area contributed by atoms with Crippen molar-refractivity contribution in [2.75, 3.05) is 6.54 Å². The first-order valence-electron chi connectivity index (χ1n) is 5.28. The summed E-state index contributed by atoms with van der Waals surface area (Å²) >= 11 is 3.41. The van der Waals surface area contributed by atoms with Crippen molar-refractivity contribution < 1.29 is 4.39 Å². The largest absolute Gasteiger partial charge is 0.311 e. The molecule has 1 saturated heterocycles. The topological polar surface area (TPSA) is 12.0 Å². The molecule has 1 N–H and O–H groups in total. The van der Waals surface area contributed by atoms with E-state index in [0.29, 0.717) is 0 Å². The van der Waals surface area contributed by atoms with Crippen LogP contribution in [0.4, 0.5) is 4.39 Å². The van der Waals surface area contributed by atoms with Crippen molar-refractivity contribution >= 4 is 15.9 Å². The fraction of sp³-hybridized carbons (Fsp3) is 0.500.